The molecule has 1 aromatic heterocycles. The van der Waals surface area contributed by atoms with E-state index in [1.807, 2.05) is 58.0 Å². The summed E-state index contributed by atoms with van der Waals surface area (Å²) in [5.74, 6) is -2.92. The highest BCUT2D eigenvalue weighted by Gasteiger charge is 2.33. The van der Waals surface area contributed by atoms with E-state index in [9.17, 15) is 24.3 Å². The number of aromatic nitrogens is 1. The molecule has 0 radical (unpaired) electrons. The maximum Gasteiger partial charge on any atom is 0.326 e. The molecule has 3 rings (SSSR count). The van der Waals surface area contributed by atoms with Crippen LogP contribution in [0, 0.1) is 11.8 Å². The lowest BCUT2D eigenvalue weighted by Crippen LogP contribution is -2.59. The van der Waals surface area contributed by atoms with Gasteiger partial charge in [-0.15, -0.1) is 0 Å². The number of hydrogen-bond donors (Lipinski definition) is 6. The fraction of sp³-hybridized carbons (Fsp3) is 0.438. The Morgan fingerprint density at radius 1 is 0.833 bits per heavy atom. The molecule has 2 aromatic carbocycles. The van der Waals surface area contributed by atoms with Crippen LogP contribution in [-0.4, -0.2) is 57.9 Å². The van der Waals surface area contributed by atoms with Crippen LogP contribution in [0.15, 0.2) is 60.8 Å². The van der Waals surface area contributed by atoms with Crippen LogP contribution in [0.3, 0.4) is 0 Å². The minimum Gasteiger partial charge on any atom is -0.480 e. The molecule has 7 N–H and O–H groups in total. The third-order valence-electron chi connectivity index (χ3n) is 7.48. The molecule has 226 valence electrons. The maximum absolute atomic E-state index is 13.8. The molecular formula is C32H43N5O5. The van der Waals surface area contributed by atoms with Crippen molar-refractivity contribution in [2.75, 3.05) is 0 Å². The minimum atomic E-state index is -1.18. The lowest BCUT2D eigenvalue weighted by atomic mass is 9.96. The Hall–Kier alpha value is -4.18. The molecule has 10 heteroatoms. The first-order valence-electron chi connectivity index (χ1n) is 14.5. The summed E-state index contributed by atoms with van der Waals surface area (Å²) in [4.78, 5) is 55.4. The monoisotopic (exact) mass is 577 g/mol. The molecule has 0 bridgehead atoms. The number of aromatic amines is 1. The predicted octanol–water partition coefficient (Wildman–Crippen LogP) is 2.91. The number of fused-ring (bicyclic) bond motifs is 1. The maximum atomic E-state index is 13.8. The number of benzene rings is 2. The molecule has 0 saturated heterocycles. The van der Waals surface area contributed by atoms with Gasteiger partial charge < -0.3 is 31.8 Å². The topological polar surface area (TPSA) is 166 Å². The van der Waals surface area contributed by atoms with Crippen molar-refractivity contribution in [1.82, 2.24) is 20.9 Å². The van der Waals surface area contributed by atoms with Crippen LogP contribution in [0.2, 0.25) is 0 Å². The van der Waals surface area contributed by atoms with E-state index in [2.05, 4.69) is 20.9 Å². The number of hydrogen-bond acceptors (Lipinski definition) is 5. The van der Waals surface area contributed by atoms with Gasteiger partial charge in [0.1, 0.15) is 18.1 Å². The van der Waals surface area contributed by atoms with E-state index in [4.69, 9.17) is 5.73 Å². The number of H-pyrrole nitrogens is 1. The van der Waals surface area contributed by atoms with E-state index in [1.165, 1.54) is 0 Å². The van der Waals surface area contributed by atoms with Gasteiger partial charge in [0.25, 0.3) is 0 Å². The Morgan fingerprint density at radius 2 is 1.48 bits per heavy atom. The Labute approximate surface area is 246 Å². The van der Waals surface area contributed by atoms with E-state index >= 15 is 0 Å². The van der Waals surface area contributed by atoms with Crippen molar-refractivity contribution in [2.45, 2.75) is 77.5 Å². The first-order chi connectivity index (χ1) is 20.0. The van der Waals surface area contributed by atoms with E-state index in [0.29, 0.717) is 12.8 Å². The summed E-state index contributed by atoms with van der Waals surface area (Å²) in [6, 6.07) is 12.6. The smallest absolute Gasteiger partial charge is 0.326 e. The Kier molecular flexibility index (Phi) is 11.7. The molecule has 0 aliphatic rings. The SMILES string of the molecule is CCC(C)C(NC(=O)C(Cc1c[nH]c2ccccc12)NC(=O)C(N)CC(C)C)C(=O)NC(Cc1ccccc1)C(=O)O. The molecule has 0 spiro atoms. The zero-order chi connectivity index (χ0) is 30.8. The number of carbonyl (C=O) groups excluding carboxylic acids is 3. The van der Waals surface area contributed by atoms with Crippen molar-refractivity contribution < 1.29 is 24.3 Å². The van der Waals surface area contributed by atoms with E-state index < -0.39 is 47.9 Å². The van der Waals surface area contributed by atoms with Gasteiger partial charge in [-0.25, -0.2) is 4.79 Å². The number of carbonyl (C=O) groups is 4. The van der Waals surface area contributed by atoms with Crippen molar-refractivity contribution in [2.24, 2.45) is 17.6 Å². The van der Waals surface area contributed by atoms with Gasteiger partial charge in [0.15, 0.2) is 0 Å². The highest BCUT2D eigenvalue weighted by molar-refractivity contribution is 5.95. The summed E-state index contributed by atoms with van der Waals surface area (Å²) < 4.78 is 0. The molecule has 3 aromatic rings. The Balaban J connectivity index is 1.83. The second-order valence-electron chi connectivity index (χ2n) is 11.3. The van der Waals surface area contributed by atoms with Gasteiger partial charge in [-0.05, 0) is 35.4 Å². The molecule has 5 unspecified atom stereocenters. The van der Waals surface area contributed by atoms with Gasteiger partial charge in [-0.3, -0.25) is 14.4 Å². The van der Waals surface area contributed by atoms with Crippen molar-refractivity contribution >= 4 is 34.6 Å². The molecule has 1 heterocycles. The number of aliphatic carboxylic acids is 1. The number of amides is 3. The average molecular weight is 578 g/mol. The largest absolute Gasteiger partial charge is 0.480 e. The minimum absolute atomic E-state index is 0.0933. The van der Waals surface area contributed by atoms with Crippen molar-refractivity contribution in [3.05, 3.63) is 71.9 Å². The van der Waals surface area contributed by atoms with Crippen molar-refractivity contribution in [1.29, 1.82) is 0 Å². The molecule has 42 heavy (non-hydrogen) atoms. The van der Waals surface area contributed by atoms with Gasteiger partial charge >= 0.3 is 5.97 Å². The first-order valence-corrected chi connectivity index (χ1v) is 14.5. The second kappa shape index (κ2) is 15.2. The van der Waals surface area contributed by atoms with Gasteiger partial charge in [0.2, 0.25) is 17.7 Å². The van der Waals surface area contributed by atoms with Crippen LogP contribution < -0.4 is 21.7 Å². The van der Waals surface area contributed by atoms with Crippen LogP contribution in [-0.2, 0) is 32.0 Å². The summed E-state index contributed by atoms with van der Waals surface area (Å²) in [5, 5.41) is 18.9. The molecule has 10 nitrogen and oxygen atoms in total. The standard InChI is InChI=1S/C32H43N5O5/c1-5-20(4)28(31(40)36-27(32(41)42)16-21-11-7-6-8-12-21)37-30(39)26(35-29(38)24(33)15-19(2)3)17-22-18-34-25-14-10-9-13-23(22)25/h6-14,18-20,24,26-28,34H,5,15-17,33H2,1-4H3,(H,35,38)(H,36,40)(H,37,39)(H,41,42). The average Bonchev–Trinajstić information content (AvgIpc) is 3.37. The number of nitrogens with one attached hydrogen (secondary N) is 4. The summed E-state index contributed by atoms with van der Waals surface area (Å²) in [7, 11) is 0. The Morgan fingerprint density at radius 3 is 2.12 bits per heavy atom. The van der Waals surface area contributed by atoms with E-state index in [0.717, 1.165) is 22.0 Å². The molecule has 5 atom stereocenters. The fourth-order valence-corrected chi connectivity index (χ4v) is 4.89. The third kappa shape index (κ3) is 8.91. The number of carboxylic acid groups (broad SMARTS) is 1. The Bertz CT molecular complexity index is 1360. The molecule has 0 saturated carbocycles. The molecule has 3 amide bonds. The van der Waals surface area contributed by atoms with E-state index in [1.54, 1.807) is 30.5 Å². The van der Waals surface area contributed by atoms with Crippen LogP contribution in [0.4, 0.5) is 0 Å². The first kappa shape index (κ1) is 32.3. The third-order valence-corrected chi connectivity index (χ3v) is 7.48. The van der Waals surface area contributed by atoms with Crippen molar-refractivity contribution in [3.63, 3.8) is 0 Å². The van der Waals surface area contributed by atoms with Gasteiger partial charge in [-0.2, -0.15) is 0 Å². The molecular weight excluding hydrogens is 534 g/mol. The highest BCUT2D eigenvalue weighted by Crippen LogP contribution is 2.20. The molecule has 0 fully saturated rings. The van der Waals surface area contributed by atoms with Gasteiger partial charge in [0.05, 0.1) is 6.04 Å². The van der Waals surface area contributed by atoms with Gasteiger partial charge in [0, 0.05) is 29.9 Å². The lowest BCUT2D eigenvalue weighted by Gasteiger charge is -2.28. The fourth-order valence-electron chi connectivity index (χ4n) is 4.89. The van der Waals surface area contributed by atoms with Crippen molar-refractivity contribution in [3.8, 4) is 0 Å². The summed E-state index contributed by atoms with van der Waals surface area (Å²) in [5.41, 5.74) is 8.60. The number of carboxylic acids is 1. The number of para-hydroxylation sites is 1. The van der Waals surface area contributed by atoms with Crippen LogP contribution in [0.1, 0.15) is 51.7 Å². The quantitative estimate of drug-likeness (QED) is 0.162. The van der Waals surface area contributed by atoms with E-state index in [-0.39, 0.29) is 24.7 Å². The summed E-state index contributed by atoms with van der Waals surface area (Å²) >= 11 is 0. The lowest BCUT2D eigenvalue weighted by molar-refractivity contribution is -0.142. The number of nitrogens with two attached hydrogens (primary N) is 1. The van der Waals surface area contributed by atoms with Crippen LogP contribution >= 0.6 is 0 Å². The zero-order valence-corrected chi connectivity index (χ0v) is 24.7. The van der Waals surface area contributed by atoms with Crippen LogP contribution in [0.25, 0.3) is 10.9 Å². The molecule has 0 aliphatic carbocycles. The number of rotatable bonds is 15. The second-order valence-corrected chi connectivity index (χ2v) is 11.3. The van der Waals surface area contributed by atoms with Crippen LogP contribution in [0.5, 0.6) is 0 Å². The predicted molar refractivity (Wildman–Crippen MR) is 162 cm³/mol. The van der Waals surface area contributed by atoms with Gasteiger partial charge in [-0.1, -0.05) is 82.6 Å². The zero-order valence-electron chi connectivity index (χ0n) is 24.7. The summed E-state index contributed by atoms with van der Waals surface area (Å²) in [6.45, 7) is 7.61. The molecule has 0 aliphatic heterocycles. The highest BCUT2D eigenvalue weighted by atomic mass is 16.4. The normalized spacial score (nSPS) is 14.9. The summed E-state index contributed by atoms with van der Waals surface area (Å²) in [6.07, 6.45) is 3.05.